The van der Waals surface area contributed by atoms with Crippen LogP contribution in [0.3, 0.4) is 0 Å². The molecule has 0 aliphatic carbocycles. The summed E-state index contributed by atoms with van der Waals surface area (Å²) in [7, 11) is 0. The van der Waals surface area contributed by atoms with Crippen molar-refractivity contribution in [1.29, 1.82) is 5.26 Å². The number of ether oxygens (including phenoxy) is 3. The van der Waals surface area contributed by atoms with Crippen LogP contribution in [-0.4, -0.2) is 25.5 Å². The molecule has 0 aromatic heterocycles. The second-order valence-corrected chi connectivity index (χ2v) is 6.92. The number of nitriles is 1. The van der Waals surface area contributed by atoms with Crippen molar-refractivity contribution in [2.75, 3.05) is 13.2 Å². The summed E-state index contributed by atoms with van der Waals surface area (Å²) in [4.78, 5) is 12.3. The normalized spacial score (nSPS) is 19.0. The standard InChI is InChI=1S/C23H25NO4/c1-2-3-4-5-22-26-15-20(16-27-22)23(25)28-21-12-10-19(11-13-21)18-8-6-17(14-24)7-9-18/h6-13,20,22H,2-5,15-16H2,1H3. The van der Waals surface area contributed by atoms with E-state index in [0.29, 0.717) is 24.5 Å². The lowest BCUT2D eigenvalue weighted by Gasteiger charge is -2.28. The SMILES string of the molecule is CCCCCC1OCC(C(=O)Oc2ccc(-c3ccc(C#N)cc3)cc2)CO1. The molecule has 1 aliphatic heterocycles. The number of benzene rings is 2. The number of hydrogen-bond acceptors (Lipinski definition) is 5. The Morgan fingerprint density at radius 2 is 1.64 bits per heavy atom. The Labute approximate surface area is 165 Å². The average Bonchev–Trinajstić information content (AvgIpc) is 2.75. The van der Waals surface area contributed by atoms with E-state index in [9.17, 15) is 4.79 Å². The summed E-state index contributed by atoms with van der Waals surface area (Å²) in [6, 6.07) is 16.8. The Morgan fingerprint density at radius 3 is 2.21 bits per heavy atom. The quantitative estimate of drug-likeness (QED) is 0.396. The van der Waals surface area contributed by atoms with Gasteiger partial charge in [-0.25, -0.2) is 0 Å². The summed E-state index contributed by atoms with van der Waals surface area (Å²) < 4.78 is 16.8. The van der Waals surface area contributed by atoms with Crippen LogP contribution in [0.25, 0.3) is 11.1 Å². The Hall–Kier alpha value is -2.68. The summed E-state index contributed by atoms with van der Waals surface area (Å²) in [6.45, 7) is 2.82. The molecule has 0 amide bonds. The number of carbonyl (C=O) groups is 1. The van der Waals surface area contributed by atoms with Crippen LogP contribution in [0.2, 0.25) is 0 Å². The number of hydrogen-bond donors (Lipinski definition) is 0. The minimum Gasteiger partial charge on any atom is -0.426 e. The molecule has 2 aromatic rings. The van der Waals surface area contributed by atoms with E-state index in [0.717, 1.165) is 36.8 Å². The van der Waals surface area contributed by atoms with Crippen LogP contribution < -0.4 is 4.74 Å². The fourth-order valence-electron chi connectivity index (χ4n) is 3.06. The molecular weight excluding hydrogens is 354 g/mol. The second-order valence-electron chi connectivity index (χ2n) is 6.92. The van der Waals surface area contributed by atoms with Gasteiger partial charge < -0.3 is 14.2 Å². The van der Waals surface area contributed by atoms with Crippen molar-refractivity contribution in [1.82, 2.24) is 0 Å². The van der Waals surface area contributed by atoms with Crippen LogP contribution in [0.15, 0.2) is 48.5 Å². The highest BCUT2D eigenvalue weighted by atomic mass is 16.7. The first kappa shape index (κ1) is 20.1. The maximum absolute atomic E-state index is 12.3. The van der Waals surface area contributed by atoms with E-state index < -0.39 is 5.92 Å². The van der Waals surface area contributed by atoms with Crippen molar-refractivity contribution in [3.05, 3.63) is 54.1 Å². The van der Waals surface area contributed by atoms with E-state index in [1.54, 1.807) is 24.3 Å². The van der Waals surface area contributed by atoms with Gasteiger partial charge in [0.1, 0.15) is 11.7 Å². The van der Waals surface area contributed by atoms with Gasteiger partial charge in [0.25, 0.3) is 0 Å². The molecule has 0 N–H and O–H groups in total. The van der Waals surface area contributed by atoms with E-state index in [1.807, 2.05) is 24.3 Å². The zero-order valence-corrected chi connectivity index (χ0v) is 16.1. The van der Waals surface area contributed by atoms with E-state index in [-0.39, 0.29) is 12.3 Å². The zero-order chi connectivity index (χ0) is 19.8. The number of nitrogens with zero attached hydrogens (tertiary/aromatic N) is 1. The third-order valence-electron chi connectivity index (χ3n) is 4.76. The Bertz CT molecular complexity index is 800. The minimum absolute atomic E-state index is 0.206. The molecule has 28 heavy (non-hydrogen) atoms. The smallest absolute Gasteiger partial charge is 0.319 e. The molecule has 5 heteroatoms. The van der Waals surface area contributed by atoms with Crippen molar-refractivity contribution < 1.29 is 19.0 Å². The molecule has 1 aliphatic rings. The van der Waals surface area contributed by atoms with Gasteiger partial charge >= 0.3 is 5.97 Å². The molecule has 0 unspecified atom stereocenters. The highest BCUT2D eigenvalue weighted by Crippen LogP contribution is 2.24. The molecule has 1 fully saturated rings. The largest absolute Gasteiger partial charge is 0.426 e. The van der Waals surface area contributed by atoms with Gasteiger partial charge in [-0.15, -0.1) is 0 Å². The average molecular weight is 379 g/mol. The third kappa shape index (κ3) is 5.41. The fourth-order valence-corrected chi connectivity index (χ4v) is 3.06. The highest BCUT2D eigenvalue weighted by Gasteiger charge is 2.28. The van der Waals surface area contributed by atoms with Crippen molar-refractivity contribution in [2.45, 2.75) is 38.9 Å². The third-order valence-corrected chi connectivity index (χ3v) is 4.76. The topological polar surface area (TPSA) is 68.5 Å². The maximum Gasteiger partial charge on any atom is 0.319 e. The number of esters is 1. The van der Waals surface area contributed by atoms with Crippen LogP contribution in [0, 0.1) is 17.2 Å². The lowest BCUT2D eigenvalue weighted by molar-refractivity contribution is -0.208. The highest BCUT2D eigenvalue weighted by molar-refractivity contribution is 5.76. The minimum atomic E-state index is -0.402. The number of carbonyl (C=O) groups excluding carboxylic acids is 1. The van der Waals surface area contributed by atoms with Crippen LogP contribution in [0.4, 0.5) is 0 Å². The molecule has 0 atom stereocenters. The lowest BCUT2D eigenvalue weighted by atomic mass is 10.0. The summed E-state index contributed by atoms with van der Waals surface area (Å²) in [6.07, 6.45) is 4.05. The first-order valence-electron chi connectivity index (χ1n) is 9.75. The van der Waals surface area contributed by atoms with Gasteiger partial charge in [0.15, 0.2) is 6.29 Å². The molecule has 0 spiro atoms. The Balaban J connectivity index is 1.50. The van der Waals surface area contributed by atoms with E-state index in [1.165, 1.54) is 0 Å². The fraction of sp³-hybridized carbons (Fsp3) is 0.391. The van der Waals surface area contributed by atoms with E-state index in [4.69, 9.17) is 19.5 Å². The van der Waals surface area contributed by atoms with Crippen molar-refractivity contribution in [3.63, 3.8) is 0 Å². The lowest BCUT2D eigenvalue weighted by Crippen LogP contribution is -2.38. The van der Waals surface area contributed by atoms with Crippen molar-refractivity contribution in [2.24, 2.45) is 5.92 Å². The van der Waals surface area contributed by atoms with Gasteiger partial charge in [-0.3, -0.25) is 4.79 Å². The Morgan fingerprint density at radius 1 is 1.04 bits per heavy atom. The molecule has 1 saturated heterocycles. The summed E-state index contributed by atoms with van der Waals surface area (Å²) in [5.41, 5.74) is 2.61. The number of rotatable bonds is 7. The molecule has 0 radical (unpaired) electrons. The monoisotopic (exact) mass is 379 g/mol. The van der Waals surface area contributed by atoms with Gasteiger partial charge in [-0.05, 0) is 48.2 Å². The maximum atomic E-state index is 12.3. The summed E-state index contributed by atoms with van der Waals surface area (Å²) in [5, 5.41) is 8.87. The van der Waals surface area contributed by atoms with Crippen LogP contribution in [0.5, 0.6) is 5.75 Å². The first-order valence-corrected chi connectivity index (χ1v) is 9.75. The van der Waals surface area contributed by atoms with E-state index >= 15 is 0 Å². The molecule has 0 saturated carbocycles. The predicted molar refractivity (Wildman–Crippen MR) is 106 cm³/mol. The van der Waals surface area contributed by atoms with Gasteiger partial charge in [0.05, 0.1) is 24.8 Å². The summed E-state index contributed by atoms with van der Waals surface area (Å²) >= 11 is 0. The van der Waals surface area contributed by atoms with Crippen LogP contribution >= 0.6 is 0 Å². The van der Waals surface area contributed by atoms with Crippen molar-refractivity contribution in [3.8, 4) is 22.9 Å². The molecule has 5 nitrogen and oxygen atoms in total. The second kappa shape index (κ2) is 10.0. The molecule has 3 rings (SSSR count). The van der Waals surface area contributed by atoms with Crippen LogP contribution in [0.1, 0.15) is 38.2 Å². The molecule has 2 aromatic carbocycles. The first-order chi connectivity index (χ1) is 13.7. The van der Waals surface area contributed by atoms with E-state index in [2.05, 4.69) is 13.0 Å². The van der Waals surface area contributed by atoms with Gasteiger partial charge in [-0.2, -0.15) is 5.26 Å². The Kier molecular flexibility index (Phi) is 7.18. The molecule has 1 heterocycles. The molecular formula is C23H25NO4. The molecule has 0 bridgehead atoms. The van der Waals surface area contributed by atoms with Crippen LogP contribution in [-0.2, 0) is 14.3 Å². The van der Waals surface area contributed by atoms with Crippen molar-refractivity contribution >= 4 is 5.97 Å². The predicted octanol–water partition coefficient (Wildman–Crippen LogP) is 4.70. The number of unbranched alkanes of at least 4 members (excludes halogenated alkanes) is 2. The molecule has 146 valence electrons. The van der Waals surface area contributed by atoms with Gasteiger partial charge in [-0.1, -0.05) is 44.0 Å². The zero-order valence-electron chi connectivity index (χ0n) is 16.1. The van der Waals surface area contributed by atoms with Gasteiger partial charge in [0, 0.05) is 0 Å². The summed E-state index contributed by atoms with van der Waals surface area (Å²) in [5.74, 6) is -0.244. The van der Waals surface area contributed by atoms with Gasteiger partial charge in [0.2, 0.25) is 0 Å².